The minimum Gasteiger partial charge on any atom is -0.387 e. The molecule has 2 rings (SSSR count). The molecule has 2 amide bonds. The highest BCUT2D eigenvalue weighted by atomic mass is 35.5. The highest BCUT2D eigenvalue weighted by Gasteiger charge is 2.10. The smallest absolute Gasteiger partial charge is 0.319 e. The van der Waals surface area contributed by atoms with Crippen molar-refractivity contribution in [3.05, 3.63) is 64.7 Å². The van der Waals surface area contributed by atoms with Crippen LogP contribution >= 0.6 is 11.6 Å². The van der Waals surface area contributed by atoms with E-state index >= 15 is 0 Å². The number of rotatable bonds is 6. The van der Waals surface area contributed by atoms with E-state index in [0.717, 1.165) is 5.56 Å². The van der Waals surface area contributed by atoms with Crippen molar-refractivity contribution < 1.29 is 14.6 Å². The summed E-state index contributed by atoms with van der Waals surface area (Å²) >= 11 is 5.80. The Hall–Kier alpha value is -2.08. The number of anilines is 1. The van der Waals surface area contributed by atoms with Gasteiger partial charge < -0.3 is 20.5 Å². The summed E-state index contributed by atoms with van der Waals surface area (Å²) in [5.41, 5.74) is 2.24. The van der Waals surface area contributed by atoms with E-state index < -0.39 is 6.10 Å². The number of nitrogens with one attached hydrogen (secondary N) is 2. The van der Waals surface area contributed by atoms with Gasteiger partial charge in [-0.2, -0.15) is 0 Å². The Morgan fingerprint density at radius 3 is 2.61 bits per heavy atom. The molecule has 0 aliphatic heterocycles. The van der Waals surface area contributed by atoms with Crippen LogP contribution in [0.1, 0.15) is 17.2 Å². The van der Waals surface area contributed by atoms with Crippen LogP contribution in [0.25, 0.3) is 0 Å². The molecule has 0 saturated heterocycles. The highest BCUT2D eigenvalue weighted by Crippen LogP contribution is 2.17. The van der Waals surface area contributed by atoms with Crippen molar-refractivity contribution in [2.45, 2.75) is 12.7 Å². The van der Waals surface area contributed by atoms with Crippen LogP contribution in [0.4, 0.5) is 10.5 Å². The maximum Gasteiger partial charge on any atom is 0.319 e. The molecule has 122 valence electrons. The van der Waals surface area contributed by atoms with Gasteiger partial charge in [-0.25, -0.2) is 4.79 Å². The molecular weight excluding hydrogens is 316 g/mol. The summed E-state index contributed by atoms with van der Waals surface area (Å²) in [7, 11) is 1.60. The van der Waals surface area contributed by atoms with Gasteiger partial charge >= 0.3 is 6.03 Å². The monoisotopic (exact) mass is 334 g/mol. The lowest BCUT2D eigenvalue weighted by Crippen LogP contribution is -2.32. The molecule has 3 N–H and O–H groups in total. The lowest BCUT2D eigenvalue weighted by Gasteiger charge is -2.14. The number of benzene rings is 2. The maximum atomic E-state index is 12.0. The third kappa shape index (κ3) is 5.25. The fourth-order valence-corrected chi connectivity index (χ4v) is 2.21. The molecule has 0 aliphatic carbocycles. The first-order valence-corrected chi connectivity index (χ1v) is 7.53. The number of aliphatic hydroxyl groups excluding tert-OH is 1. The Morgan fingerprint density at radius 1 is 1.22 bits per heavy atom. The molecule has 1 atom stereocenters. The fourth-order valence-electron chi connectivity index (χ4n) is 2.08. The second-order valence-electron chi connectivity index (χ2n) is 4.99. The maximum absolute atomic E-state index is 12.0. The van der Waals surface area contributed by atoms with Crippen molar-refractivity contribution in [2.75, 3.05) is 19.0 Å². The number of aliphatic hydroxyl groups is 1. The Kier molecular flexibility index (Phi) is 6.40. The van der Waals surface area contributed by atoms with Crippen LogP contribution in [0, 0.1) is 0 Å². The Bertz CT molecular complexity index is 647. The zero-order valence-corrected chi connectivity index (χ0v) is 13.5. The van der Waals surface area contributed by atoms with Gasteiger partial charge in [-0.15, -0.1) is 0 Å². The molecule has 0 aliphatic rings. The van der Waals surface area contributed by atoms with E-state index in [4.69, 9.17) is 16.3 Å². The van der Waals surface area contributed by atoms with E-state index in [2.05, 4.69) is 10.6 Å². The molecule has 0 heterocycles. The van der Waals surface area contributed by atoms with E-state index in [1.165, 1.54) is 0 Å². The number of halogens is 1. The predicted octanol–water partition coefficient (Wildman–Crippen LogP) is 3.34. The third-order valence-corrected chi connectivity index (χ3v) is 3.53. The van der Waals surface area contributed by atoms with Gasteiger partial charge in [-0.05, 0) is 23.8 Å². The van der Waals surface area contributed by atoms with Gasteiger partial charge in [-0.3, -0.25) is 0 Å². The van der Waals surface area contributed by atoms with Crippen LogP contribution < -0.4 is 10.6 Å². The average molecular weight is 335 g/mol. The van der Waals surface area contributed by atoms with Gasteiger partial charge in [0.2, 0.25) is 0 Å². The molecule has 0 fully saturated rings. The van der Waals surface area contributed by atoms with Crippen LogP contribution in [-0.4, -0.2) is 24.8 Å². The molecule has 2 aromatic carbocycles. The van der Waals surface area contributed by atoms with Crippen molar-refractivity contribution in [3.8, 4) is 0 Å². The summed E-state index contributed by atoms with van der Waals surface area (Å²) < 4.78 is 5.09. The van der Waals surface area contributed by atoms with E-state index in [9.17, 15) is 9.90 Å². The molecule has 1 unspecified atom stereocenters. The minimum atomic E-state index is -0.799. The highest BCUT2D eigenvalue weighted by molar-refractivity contribution is 6.30. The van der Waals surface area contributed by atoms with Gasteiger partial charge in [-0.1, -0.05) is 41.9 Å². The first-order valence-electron chi connectivity index (χ1n) is 7.15. The standard InChI is InChI=1S/C17H19ClN2O3/c1-23-11-13-4-2-3-5-15(13)20-17(22)19-10-16(21)12-6-8-14(18)9-7-12/h2-9,16,21H,10-11H2,1H3,(H2,19,20,22). The molecule has 0 saturated carbocycles. The number of methoxy groups -OCH3 is 1. The quantitative estimate of drug-likeness (QED) is 0.758. The van der Waals surface area contributed by atoms with Crippen LogP contribution in [0.3, 0.4) is 0 Å². The number of carbonyl (C=O) groups is 1. The fraction of sp³-hybridized carbons (Fsp3) is 0.235. The van der Waals surface area contributed by atoms with Crippen molar-refractivity contribution in [2.24, 2.45) is 0 Å². The molecule has 0 spiro atoms. The summed E-state index contributed by atoms with van der Waals surface area (Å²) in [5, 5.41) is 16.0. The Balaban J connectivity index is 1.89. The Labute approximate surface area is 140 Å². The molecule has 0 radical (unpaired) electrons. The first-order chi connectivity index (χ1) is 11.1. The largest absolute Gasteiger partial charge is 0.387 e. The molecular formula is C17H19ClN2O3. The number of amides is 2. The SMILES string of the molecule is COCc1ccccc1NC(=O)NCC(O)c1ccc(Cl)cc1. The third-order valence-electron chi connectivity index (χ3n) is 3.28. The van der Waals surface area contributed by atoms with E-state index in [0.29, 0.717) is 22.9 Å². The van der Waals surface area contributed by atoms with Crippen molar-refractivity contribution in [1.29, 1.82) is 0 Å². The van der Waals surface area contributed by atoms with E-state index in [1.54, 1.807) is 37.4 Å². The average Bonchev–Trinajstić information content (AvgIpc) is 2.55. The number of carbonyl (C=O) groups excluding carboxylic acids is 1. The summed E-state index contributed by atoms with van der Waals surface area (Å²) in [6.07, 6.45) is -0.799. The van der Waals surface area contributed by atoms with Crippen LogP contribution in [0.15, 0.2) is 48.5 Å². The molecule has 6 heteroatoms. The molecule has 5 nitrogen and oxygen atoms in total. The van der Waals surface area contributed by atoms with Gasteiger partial charge in [0.05, 0.1) is 12.7 Å². The number of urea groups is 1. The number of para-hydroxylation sites is 1. The van der Waals surface area contributed by atoms with Crippen molar-refractivity contribution >= 4 is 23.3 Å². The number of hydrogen-bond acceptors (Lipinski definition) is 3. The summed E-state index contributed by atoms with van der Waals surface area (Å²) in [6.45, 7) is 0.504. The second kappa shape index (κ2) is 8.53. The zero-order valence-electron chi connectivity index (χ0n) is 12.8. The van der Waals surface area contributed by atoms with Gasteiger partial charge in [0.1, 0.15) is 0 Å². The van der Waals surface area contributed by atoms with E-state index in [-0.39, 0.29) is 12.6 Å². The second-order valence-corrected chi connectivity index (χ2v) is 5.43. The predicted molar refractivity (Wildman–Crippen MR) is 90.6 cm³/mol. The van der Waals surface area contributed by atoms with Crippen LogP contribution in [0.2, 0.25) is 5.02 Å². The number of ether oxygens (including phenoxy) is 1. The molecule has 23 heavy (non-hydrogen) atoms. The summed E-state index contributed by atoms with van der Waals surface area (Å²) in [6, 6.07) is 13.8. The van der Waals surface area contributed by atoms with Gasteiger partial charge in [0, 0.05) is 29.9 Å². The summed E-state index contributed by atoms with van der Waals surface area (Å²) in [5.74, 6) is 0. The lowest BCUT2D eigenvalue weighted by atomic mass is 10.1. The molecule has 0 bridgehead atoms. The van der Waals surface area contributed by atoms with Gasteiger partial charge in [0.15, 0.2) is 0 Å². The lowest BCUT2D eigenvalue weighted by molar-refractivity contribution is 0.175. The van der Waals surface area contributed by atoms with Crippen LogP contribution in [-0.2, 0) is 11.3 Å². The van der Waals surface area contributed by atoms with Gasteiger partial charge in [0.25, 0.3) is 0 Å². The normalized spacial score (nSPS) is 11.8. The van der Waals surface area contributed by atoms with Crippen LogP contribution in [0.5, 0.6) is 0 Å². The first kappa shape index (κ1) is 17.3. The zero-order chi connectivity index (χ0) is 16.7. The molecule has 2 aromatic rings. The van der Waals surface area contributed by atoms with Crippen molar-refractivity contribution in [1.82, 2.24) is 5.32 Å². The summed E-state index contributed by atoms with van der Waals surface area (Å²) in [4.78, 5) is 12.0. The minimum absolute atomic E-state index is 0.0971. The van der Waals surface area contributed by atoms with Crippen molar-refractivity contribution in [3.63, 3.8) is 0 Å². The number of hydrogen-bond donors (Lipinski definition) is 3. The topological polar surface area (TPSA) is 70.6 Å². The Morgan fingerprint density at radius 2 is 1.91 bits per heavy atom. The molecule has 0 aromatic heterocycles. The van der Waals surface area contributed by atoms with E-state index in [1.807, 2.05) is 18.2 Å².